The molecule has 0 saturated carbocycles. The minimum atomic E-state index is -0.0661. The summed E-state index contributed by atoms with van der Waals surface area (Å²) >= 11 is 0. The number of rotatable bonds is 6. The van der Waals surface area contributed by atoms with Gasteiger partial charge in [0.25, 0.3) is 5.91 Å². The molecule has 1 N–H and O–H groups in total. The van der Waals surface area contributed by atoms with Gasteiger partial charge in [0.15, 0.2) is 0 Å². The zero-order valence-electron chi connectivity index (χ0n) is 14.8. The molecule has 2 aromatic carbocycles. The Labute approximate surface area is 153 Å². The highest BCUT2D eigenvalue weighted by atomic mass is 16.5. The molecule has 0 fully saturated rings. The molecule has 5 heteroatoms. The van der Waals surface area contributed by atoms with Crippen LogP contribution in [0.1, 0.15) is 30.6 Å². The molecule has 0 radical (unpaired) electrons. The van der Waals surface area contributed by atoms with E-state index in [2.05, 4.69) is 15.5 Å². The van der Waals surface area contributed by atoms with E-state index >= 15 is 0 Å². The Morgan fingerprint density at radius 1 is 1.00 bits per heavy atom. The molecule has 0 bridgehead atoms. The maximum absolute atomic E-state index is 12.1. The van der Waals surface area contributed by atoms with Gasteiger partial charge in [-0.3, -0.25) is 4.79 Å². The predicted octanol–water partition coefficient (Wildman–Crippen LogP) is 4.46. The number of nitrogens with zero attached hydrogens (tertiary/aromatic N) is 2. The Kier molecular flexibility index (Phi) is 5.59. The van der Waals surface area contributed by atoms with Crippen LogP contribution in [-0.2, 0) is 0 Å². The van der Waals surface area contributed by atoms with Gasteiger partial charge in [-0.2, -0.15) is 0 Å². The van der Waals surface area contributed by atoms with Crippen molar-refractivity contribution in [2.45, 2.75) is 26.3 Å². The van der Waals surface area contributed by atoms with E-state index < -0.39 is 0 Å². The second-order valence-electron chi connectivity index (χ2n) is 6.03. The lowest BCUT2D eigenvalue weighted by Crippen LogP contribution is -2.31. The maximum atomic E-state index is 12.1. The van der Waals surface area contributed by atoms with Gasteiger partial charge in [-0.05, 0) is 43.7 Å². The van der Waals surface area contributed by atoms with Crippen LogP contribution in [0.3, 0.4) is 0 Å². The van der Waals surface area contributed by atoms with Crippen molar-refractivity contribution in [1.82, 2.24) is 15.5 Å². The summed E-state index contributed by atoms with van der Waals surface area (Å²) in [4.78, 5) is 12.1. The molecule has 0 saturated heterocycles. The van der Waals surface area contributed by atoms with Crippen LogP contribution in [-0.4, -0.2) is 22.1 Å². The lowest BCUT2D eigenvalue weighted by atomic mass is 10.1. The fraction of sp³-hybridized carbons (Fsp3) is 0.190. The summed E-state index contributed by atoms with van der Waals surface area (Å²) in [5.74, 6) is 1.08. The van der Waals surface area contributed by atoms with E-state index in [1.54, 1.807) is 18.2 Å². The zero-order chi connectivity index (χ0) is 18.4. The van der Waals surface area contributed by atoms with Crippen LogP contribution in [0.15, 0.2) is 66.7 Å². The average molecular weight is 347 g/mol. The highest BCUT2D eigenvalue weighted by molar-refractivity contribution is 5.94. The van der Waals surface area contributed by atoms with Gasteiger partial charge in [0.2, 0.25) is 5.88 Å². The van der Waals surface area contributed by atoms with Gasteiger partial charge in [-0.25, -0.2) is 0 Å². The van der Waals surface area contributed by atoms with Gasteiger partial charge in [0, 0.05) is 23.2 Å². The second-order valence-corrected chi connectivity index (χ2v) is 6.03. The molecule has 3 rings (SSSR count). The number of benzene rings is 2. The van der Waals surface area contributed by atoms with E-state index in [0.717, 1.165) is 17.7 Å². The summed E-state index contributed by atoms with van der Waals surface area (Å²) in [7, 11) is 0. The summed E-state index contributed by atoms with van der Waals surface area (Å²) in [6, 6.07) is 20.5. The molecule has 1 amide bonds. The topological polar surface area (TPSA) is 64.1 Å². The minimum Gasteiger partial charge on any atom is -0.438 e. The summed E-state index contributed by atoms with van der Waals surface area (Å²) in [5, 5.41) is 11.3. The van der Waals surface area contributed by atoms with Gasteiger partial charge in [-0.15, -0.1) is 10.2 Å². The standard InChI is InChI=1S/C21H21N3O2/c1-3-15(2)22-21(25)17-11-9-16(10-12-17)19-13-14-20(24-23-19)26-18-7-5-4-6-8-18/h4-15H,3H2,1-2H3,(H,22,25)/t15-/m1/s1. The zero-order valence-corrected chi connectivity index (χ0v) is 14.8. The van der Waals surface area contributed by atoms with E-state index in [-0.39, 0.29) is 11.9 Å². The van der Waals surface area contributed by atoms with Gasteiger partial charge in [0.05, 0.1) is 5.69 Å². The number of aromatic nitrogens is 2. The lowest BCUT2D eigenvalue weighted by molar-refractivity contribution is 0.0939. The van der Waals surface area contributed by atoms with Crippen molar-refractivity contribution < 1.29 is 9.53 Å². The van der Waals surface area contributed by atoms with Crippen molar-refractivity contribution in [3.8, 4) is 22.9 Å². The Hall–Kier alpha value is -3.21. The van der Waals surface area contributed by atoms with Crippen molar-refractivity contribution in [2.75, 3.05) is 0 Å². The van der Waals surface area contributed by atoms with Crippen LogP contribution in [0.5, 0.6) is 11.6 Å². The quantitative estimate of drug-likeness (QED) is 0.715. The Balaban J connectivity index is 1.68. The smallest absolute Gasteiger partial charge is 0.251 e. The van der Waals surface area contributed by atoms with E-state index in [9.17, 15) is 4.79 Å². The molecule has 1 heterocycles. The molecule has 0 aliphatic heterocycles. The lowest BCUT2D eigenvalue weighted by Gasteiger charge is -2.11. The van der Waals surface area contributed by atoms with Crippen molar-refractivity contribution in [1.29, 1.82) is 0 Å². The Morgan fingerprint density at radius 2 is 1.73 bits per heavy atom. The molecule has 132 valence electrons. The van der Waals surface area contributed by atoms with Crippen LogP contribution in [0.25, 0.3) is 11.3 Å². The Morgan fingerprint density at radius 3 is 2.35 bits per heavy atom. The van der Waals surface area contributed by atoms with Crippen LogP contribution in [0.4, 0.5) is 0 Å². The monoisotopic (exact) mass is 347 g/mol. The number of nitrogens with one attached hydrogen (secondary N) is 1. The molecule has 0 aliphatic rings. The normalized spacial score (nSPS) is 11.6. The molecule has 3 aromatic rings. The van der Waals surface area contributed by atoms with Gasteiger partial charge < -0.3 is 10.1 Å². The fourth-order valence-corrected chi connectivity index (χ4v) is 2.34. The third-order valence-electron chi connectivity index (χ3n) is 4.04. The summed E-state index contributed by atoms with van der Waals surface area (Å²) in [6.45, 7) is 4.03. The molecule has 5 nitrogen and oxygen atoms in total. The first-order valence-corrected chi connectivity index (χ1v) is 8.63. The van der Waals surface area contributed by atoms with Crippen molar-refractivity contribution in [3.63, 3.8) is 0 Å². The maximum Gasteiger partial charge on any atom is 0.251 e. The molecule has 1 aromatic heterocycles. The summed E-state index contributed by atoms with van der Waals surface area (Å²) in [6.07, 6.45) is 0.900. The molecule has 1 atom stereocenters. The first-order chi connectivity index (χ1) is 12.7. The van der Waals surface area contributed by atoms with E-state index in [1.807, 2.05) is 62.4 Å². The average Bonchev–Trinajstić information content (AvgIpc) is 2.69. The van der Waals surface area contributed by atoms with Crippen molar-refractivity contribution >= 4 is 5.91 Å². The summed E-state index contributed by atoms with van der Waals surface area (Å²) < 4.78 is 5.64. The molecule has 0 aliphatic carbocycles. The van der Waals surface area contributed by atoms with E-state index in [1.165, 1.54) is 0 Å². The molecule has 0 spiro atoms. The van der Waals surface area contributed by atoms with Crippen LogP contribution >= 0.6 is 0 Å². The SMILES string of the molecule is CC[C@@H](C)NC(=O)c1ccc(-c2ccc(Oc3ccccc3)nn2)cc1. The number of amides is 1. The van der Waals surface area contributed by atoms with Gasteiger partial charge in [-0.1, -0.05) is 37.3 Å². The molecular weight excluding hydrogens is 326 g/mol. The predicted molar refractivity (Wildman–Crippen MR) is 101 cm³/mol. The van der Waals surface area contributed by atoms with E-state index in [4.69, 9.17) is 4.74 Å². The number of carbonyl (C=O) groups is 1. The molecule has 26 heavy (non-hydrogen) atoms. The van der Waals surface area contributed by atoms with Gasteiger partial charge >= 0.3 is 0 Å². The number of carbonyl (C=O) groups excluding carboxylic acids is 1. The minimum absolute atomic E-state index is 0.0661. The first kappa shape index (κ1) is 17.6. The number of para-hydroxylation sites is 1. The highest BCUT2D eigenvalue weighted by Gasteiger charge is 2.09. The molecular formula is C21H21N3O2. The fourth-order valence-electron chi connectivity index (χ4n) is 2.34. The number of hydrogen-bond donors (Lipinski definition) is 1. The highest BCUT2D eigenvalue weighted by Crippen LogP contribution is 2.21. The number of ether oxygens (including phenoxy) is 1. The third kappa shape index (κ3) is 4.45. The molecule has 0 unspecified atom stereocenters. The van der Waals surface area contributed by atoms with Crippen LogP contribution < -0.4 is 10.1 Å². The van der Waals surface area contributed by atoms with Crippen LogP contribution in [0.2, 0.25) is 0 Å². The first-order valence-electron chi connectivity index (χ1n) is 8.63. The Bertz CT molecular complexity index is 847. The number of hydrogen-bond acceptors (Lipinski definition) is 4. The largest absolute Gasteiger partial charge is 0.438 e. The summed E-state index contributed by atoms with van der Waals surface area (Å²) in [5.41, 5.74) is 2.24. The van der Waals surface area contributed by atoms with Crippen molar-refractivity contribution in [3.05, 3.63) is 72.3 Å². The van der Waals surface area contributed by atoms with Crippen molar-refractivity contribution in [2.24, 2.45) is 0 Å². The third-order valence-corrected chi connectivity index (χ3v) is 4.04. The van der Waals surface area contributed by atoms with E-state index in [0.29, 0.717) is 17.2 Å². The van der Waals surface area contributed by atoms with Gasteiger partial charge in [0.1, 0.15) is 5.75 Å². The van der Waals surface area contributed by atoms with Crippen LogP contribution in [0, 0.1) is 0 Å². The second kappa shape index (κ2) is 8.25.